The minimum atomic E-state index is -1.14. The van der Waals surface area contributed by atoms with E-state index in [1.165, 1.54) is 0 Å². The van der Waals surface area contributed by atoms with Crippen LogP contribution in [0.25, 0.3) is 10.8 Å². The Morgan fingerprint density at radius 3 is 2.23 bits per heavy atom. The zero-order valence-electron chi connectivity index (χ0n) is 17.1. The lowest BCUT2D eigenvalue weighted by molar-refractivity contribution is 0.121. The predicted octanol–water partition coefficient (Wildman–Crippen LogP) is 4.71. The maximum absolute atomic E-state index is 9.55. The van der Waals surface area contributed by atoms with Gasteiger partial charge in [-0.05, 0) is 58.3 Å². The molecule has 5 heteroatoms. The van der Waals surface area contributed by atoms with Gasteiger partial charge in [-0.15, -0.1) is 0 Å². The summed E-state index contributed by atoms with van der Waals surface area (Å²) in [5, 5.41) is 21.2. The normalized spacial score (nSPS) is 11.6. The molecule has 0 aliphatic heterocycles. The van der Waals surface area contributed by atoms with Gasteiger partial charge < -0.3 is 20.7 Å². The van der Waals surface area contributed by atoms with Crippen LogP contribution in [0.15, 0.2) is 101 Å². The first-order valence-corrected chi connectivity index (χ1v) is 10.9. The van der Waals surface area contributed by atoms with Gasteiger partial charge in [0.05, 0.1) is 18.8 Å². The average Bonchev–Trinajstić information content (AvgIpc) is 2.83. The largest absolute Gasteiger partial charge is 0.489 e. The number of ether oxygens (including phenoxy) is 1. The summed E-state index contributed by atoms with van der Waals surface area (Å²) < 4.78 is 5.94. The van der Waals surface area contributed by atoms with Crippen molar-refractivity contribution in [2.75, 3.05) is 13.2 Å². The Bertz CT molecular complexity index is 1160. The van der Waals surface area contributed by atoms with E-state index >= 15 is 0 Å². The van der Waals surface area contributed by atoms with Gasteiger partial charge in [-0.1, -0.05) is 66.4 Å². The van der Waals surface area contributed by atoms with Crippen molar-refractivity contribution in [3.05, 3.63) is 102 Å². The number of fused-ring (bicyclic) bond motifs is 1. The highest BCUT2D eigenvalue weighted by Gasteiger charge is 2.25. The van der Waals surface area contributed by atoms with E-state index in [9.17, 15) is 10.2 Å². The minimum absolute atomic E-state index is 0.314. The van der Waals surface area contributed by atoms with Crippen LogP contribution < -0.4 is 10.5 Å². The molecule has 4 nitrogen and oxygen atoms in total. The van der Waals surface area contributed by atoms with Crippen LogP contribution in [0.4, 0.5) is 0 Å². The number of benzene rings is 4. The summed E-state index contributed by atoms with van der Waals surface area (Å²) >= 11 is 1.67. The Balaban J connectivity index is 1.49. The number of rotatable bonds is 8. The topological polar surface area (TPSA) is 75.7 Å². The molecule has 4 rings (SSSR count). The van der Waals surface area contributed by atoms with E-state index in [1.807, 2.05) is 60.7 Å². The van der Waals surface area contributed by atoms with Gasteiger partial charge in [0.2, 0.25) is 0 Å². The van der Waals surface area contributed by atoms with Crippen molar-refractivity contribution in [2.45, 2.75) is 21.9 Å². The highest BCUT2D eigenvalue weighted by molar-refractivity contribution is 7.99. The molecule has 0 saturated heterocycles. The number of aliphatic hydroxyl groups is 2. The molecule has 0 unspecified atom stereocenters. The summed E-state index contributed by atoms with van der Waals surface area (Å²) in [5.74, 6) is 0.839. The Hall–Kier alpha value is -2.83. The molecule has 0 spiro atoms. The monoisotopic (exact) mass is 431 g/mol. The Morgan fingerprint density at radius 2 is 1.45 bits per heavy atom. The molecule has 31 heavy (non-hydrogen) atoms. The number of aliphatic hydroxyl groups excluding tert-OH is 2. The fraction of sp³-hybridized carbons (Fsp3) is 0.154. The number of hydrogen-bond donors (Lipinski definition) is 3. The molecule has 0 bridgehead atoms. The highest BCUT2D eigenvalue weighted by atomic mass is 32.2. The maximum Gasteiger partial charge on any atom is 0.120 e. The first kappa shape index (κ1) is 21.4. The second kappa shape index (κ2) is 9.54. The van der Waals surface area contributed by atoms with E-state index in [1.54, 1.807) is 11.8 Å². The molecular weight excluding hydrogens is 406 g/mol. The van der Waals surface area contributed by atoms with Crippen LogP contribution in [0.5, 0.6) is 5.75 Å². The molecule has 4 N–H and O–H groups in total. The van der Waals surface area contributed by atoms with Crippen LogP contribution in [0.2, 0.25) is 0 Å². The minimum Gasteiger partial charge on any atom is -0.489 e. The third kappa shape index (κ3) is 5.09. The summed E-state index contributed by atoms with van der Waals surface area (Å²) in [6, 6.07) is 30.2. The SMILES string of the molecule is NC(CO)(CO)c1ccc2cc(Sc3cccc(OCc4ccccc4)c3)ccc2c1. The Kier molecular flexibility index (Phi) is 6.59. The first-order valence-electron chi connectivity index (χ1n) is 10.1. The number of hydrogen-bond acceptors (Lipinski definition) is 5. The van der Waals surface area contributed by atoms with Crippen molar-refractivity contribution in [3.63, 3.8) is 0 Å². The van der Waals surface area contributed by atoms with Gasteiger partial charge in [-0.3, -0.25) is 0 Å². The van der Waals surface area contributed by atoms with Crippen LogP contribution in [-0.4, -0.2) is 23.4 Å². The lowest BCUT2D eigenvalue weighted by Gasteiger charge is -2.25. The molecule has 0 radical (unpaired) electrons. The quantitative estimate of drug-likeness (QED) is 0.377. The summed E-state index contributed by atoms with van der Waals surface area (Å²) in [6.07, 6.45) is 0. The van der Waals surface area contributed by atoms with E-state index in [-0.39, 0.29) is 13.2 Å². The third-order valence-electron chi connectivity index (χ3n) is 5.24. The van der Waals surface area contributed by atoms with Crippen LogP contribution >= 0.6 is 11.8 Å². The Morgan fingerprint density at radius 1 is 0.742 bits per heavy atom. The van der Waals surface area contributed by atoms with Crippen molar-refractivity contribution in [2.24, 2.45) is 5.73 Å². The van der Waals surface area contributed by atoms with E-state index < -0.39 is 5.54 Å². The molecular formula is C26H25NO3S. The van der Waals surface area contributed by atoms with E-state index in [2.05, 4.69) is 30.3 Å². The van der Waals surface area contributed by atoms with Gasteiger partial charge in [0, 0.05) is 9.79 Å². The summed E-state index contributed by atoms with van der Waals surface area (Å²) in [7, 11) is 0. The predicted molar refractivity (Wildman–Crippen MR) is 125 cm³/mol. The molecule has 0 aliphatic carbocycles. The molecule has 158 valence electrons. The van der Waals surface area contributed by atoms with Crippen LogP contribution in [-0.2, 0) is 12.1 Å². The van der Waals surface area contributed by atoms with Crippen molar-refractivity contribution >= 4 is 22.5 Å². The van der Waals surface area contributed by atoms with Gasteiger partial charge in [-0.25, -0.2) is 0 Å². The van der Waals surface area contributed by atoms with Gasteiger partial charge >= 0.3 is 0 Å². The maximum atomic E-state index is 9.55. The van der Waals surface area contributed by atoms with Crippen LogP contribution in [0.3, 0.4) is 0 Å². The van der Waals surface area contributed by atoms with E-state index in [0.29, 0.717) is 12.2 Å². The van der Waals surface area contributed by atoms with Crippen molar-refractivity contribution < 1.29 is 14.9 Å². The fourth-order valence-corrected chi connectivity index (χ4v) is 4.25. The third-order valence-corrected chi connectivity index (χ3v) is 6.22. The zero-order chi connectivity index (χ0) is 21.7. The molecule has 0 amide bonds. The van der Waals surface area contributed by atoms with Gasteiger partial charge in [0.25, 0.3) is 0 Å². The molecule has 4 aromatic rings. The molecule has 0 aliphatic rings. The van der Waals surface area contributed by atoms with Crippen molar-refractivity contribution in [1.29, 1.82) is 0 Å². The molecule has 0 aromatic heterocycles. The van der Waals surface area contributed by atoms with E-state index in [4.69, 9.17) is 10.5 Å². The van der Waals surface area contributed by atoms with Crippen molar-refractivity contribution in [1.82, 2.24) is 0 Å². The first-order chi connectivity index (χ1) is 15.1. The Labute approximate surface area is 186 Å². The summed E-state index contributed by atoms with van der Waals surface area (Å²) in [5.41, 5.74) is 6.82. The summed E-state index contributed by atoms with van der Waals surface area (Å²) in [6.45, 7) is -0.0885. The standard InChI is InChI=1S/C26H25NO3S/c27-26(17-28,18-29)22-11-9-21-14-25(12-10-20(21)13-22)31-24-8-4-7-23(15-24)30-16-19-5-2-1-3-6-19/h1-15,28-29H,16-18,27H2. The molecule has 0 saturated carbocycles. The fourth-order valence-electron chi connectivity index (χ4n) is 3.33. The lowest BCUT2D eigenvalue weighted by Crippen LogP contribution is -2.44. The zero-order valence-corrected chi connectivity index (χ0v) is 17.9. The van der Waals surface area contributed by atoms with E-state index in [0.717, 1.165) is 31.9 Å². The summed E-state index contributed by atoms with van der Waals surface area (Å²) in [4.78, 5) is 2.21. The second-order valence-electron chi connectivity index (χ2n) is 7.55. The smallest absolute Gasteiger partial charge is 0.120 e. The molecule has 0 fully saturated rings. The lowest BCUT2D eigenvalue weighted by atomic mass is 9.91. The van der Waals surface area contributed by atoms with Crippen molar-refractivity contribution in [3.8, 4) is 5.75 Å². The van der Waals surface area contributed by atoms with Gasteiger partial charge in [0.1, 0.15) is 12.4 Å². The highest BCUT2D eigenvalue weighted by Crippen LogP contribution is 2.33. The molecule has 0 heterocycles. The average molecular weight is 432 g/mol. The van der Waals surface area contributed by atoms with Gasteiger partial charge in [0.15, 0.2) is 0 Å². The molecule has 4 aromatic carbocycles. The molecule has 0 atom stereocenters. The van der Waals surface area contributed by atoms with Gasteiger partial charge in [-0.2, -0.15) is 0 Å². The van der Waals surface area contributed by atoms with Crippen LogP contribution in [0, 0.1) is 0 Å². The second-order valence-corrected chi connectivity index (χ2v) is 8.69. The number of nitrogens with two attached hydrogens (primary N) is 1. The van der Waals surface area contributed by atoms with Crippen LogP contribution in [0.1, 0.15) is 11.1 Å².